The van der Waals surface area contributed by atoms with E-state index >= 15 is 0 Å². The summed E-state index contributed by atoms with van der Waals surface area (Å²) in [6.45, 7) is 4.69. The maximum absolute atomic E-state index is 5.50. The van der Waals surface area contributed by atoms with Gasteiger partial charge in [0.05, 0.1) is 7.11 Å². The van der Waals surface area contributed by atoms with Crippen molar-refractivity contribution in [3.63, 3.8) is 0 Å². The molecule has 1 aliphatic rings. The van der Waals surface area contributed by atoms with Crippen LogP contribution >= 0.6 is 0 Å². The summed E-state index contributed by atoms with van der Waals surface area (Å²) >= 11 is 0. The SMILES string of the molecule is CCCN1CCCC[C@@H]1c1ccccc1OC. The van der Waals surface area contributed by atoms with Gasteiger partial charge in [-0.25, -0.2) is 0 Å². The molecule has 1 aromatic rings. The predicted octanol–water partition coefficient (Wildman–Crippen LogP) is 3.63. The van der Waals surface area contributed by atoms with E-state index in [-0.39, 0.29) is 0 Å². The van der Waals surface area contributed by atoms with E-state index in [1.165, 1.54) is 44.3 Å². The molecule has 1 aliphatic heterocycles. The standard InChI is InChI=1S/C15H23NO/c1-3-11-16-12-7-6-9-14(16)13-8-4-5-10-15(13)17-2/h4-5,8,10,14H,3,6-7,9,11-12H2,1-2H3/t14-/m1/s1. The Morgan fingerprint density at radius 3 is 2.88 bits per heavy atom. The molecule has 1 aromatic carbocycles. The average molecular weight is 233 g/mol. The molecule has 2 nitrogen and oxygen atoms in total. The number of hydrogen-bond acceptors (Lipinski definition) is 2. The van der Waals surface area contributed by atoms with Gasteiger partial charge in [-0.1, -0.05) is 31.5 Å². The molecule has 0 bridgehead atoms. The Morgan fingerprint density at radius 1 is 1.29 bits per heavy atom. The average Bonchev–Trinajstić information content (AvgIpc) is 2.40. The summed E-state index contributed by atoms with van der Waals surface area (Å²) in [6.07, 6.45) is 5.17. The van der Waals surface area contributed by atoms with Crippen LogP contribution in [0, 0.1) is 0 Å². The summed E-state index contributed by atoms with van der Waals surface area (Å²) < 4.78 is 5.50. The molecule has 94 valence electrons. The minimum Gasteiger partial charge on any atom is -0.496 e. The molecule has 0 N–H and O–H groups in total. The highest BCUT2D eigenvalue weighted by Gasteiger charge is 2.25. The van der Waals surface area contributed by atoms with Gasteiger partial charge < -0.3 is 4.74 Å². The number of likely N-dealkylation sites (tertiary alicyclic amines) is 1. The predicted molar refractivity (Wildman–Crippen MR) is 71.5 cm³/mol. The number of benzene rings is 1. The molecule has 1 fully saturated rings. The summed E-state index contributed by atoms with van der Waals surface area (Å²) in [4.78, 5) is 2.61. The number of para-hydroxylation sites is 1. The fourth-order valence-electron chi connectivity index (χ4n) is 2.84. The Labute approximate surface area is 105 Å². The smallest absolute Gasteiger partial charge is 0.123 e. The van der Waals surface area contributed by atoms with E-state index in [0.29, 0.717) is 6.04 Å². The third-order valence-electron chi connectivity index (χ3n) is 3.62. The van der Waals surface area contributed by atoms with Gasteiger partial charge in [-0.2, -0.15) is 0 Å². The van der Waals surface area contributed by atoms with Crippen LogP contribution < -0.4 is 4.74 Å². The maximum Gasteiger partial charge on any atom is 0.123 e. The molecule has 0 aromatic heterocycles. The highest BCUT2D eigenvalue weighted by Crippen LogP contribution is 2.35. The van der Waals surface area contributed by atoms with Crippen molar-refractivity contribution in [3.8, 4) is 5.75 Å². The molecule has 2 rings (SSSR count). The molecule has 17 heavy (non-hydrogen) atoms. The van der Waals surface area contributed by atoms with Crippen LogP contribution in [-0.4, -0.2) is 25.1 Å². The monoisotopic (exact) mass is 233 g/mol. The molecule has 0 saturated carbocycles. The van der Waals surface area contributed by atoms with Gasteiger partial charge in [-0.15, -0.1) is 0 Å². The molecule has 1 saturated heterocycles. The van der Waals surface area contributed by atoms with E-state index in [1.54, 1.807) is 7.11 Å². The van der Waals surface area contributed by atoms with Gasteiger partial charge in [0.25, 0.3) is 0 Å². The van der Waals surface area contributed by atoms with Gasteiger partial charge in [-0.3, -0.25) is 4.90 Å². The van der Waals surface area contributed by atoms with Crippen molar-refractivity contribution in [2.45, 2.75) is 38.6 Å². The Kier molecular flexibility index (Phi) is 4.43. The van der Waals surface area contributed by atoms with E-state index < -0.39 is 0 Å². The second-order valence-electron chi connectivity index (χ2n) is 4.79. The second kappa shape index (κ2) is 6.06. The lowest BCUT2D eigenvalue weighted by atomic mass is 9.94. The number of methoxy groups -OCH3 is 1. The molecular weight excluding hydrogens is 210 g/mol. The van der Waals surface area contributed by atoms with Crippen LogP contribution in [0.4, 0.5) is 0 Å². The minimum atomic E-state index is 0.555. The zero-order valence-electron chi connectivity index (χ0n) is 11.0. The van der Waals surface area contributed by atoms with Crippen molar-refractivity contribution in [3.05, 3.63) is 29.8 Å². The van der Waals surface area contributed by atoms with Crippen LogP contribution in [0.2, 0.25) is 0 Å². The normalized spacial score (nSPS) is 21.4. The summed E-state index contributed by atoms with van der Waals surface area (Å²) in [7, 11) is 1.77. The molecule has 2 heteroatoms. The second-order valence-corrected chi connectivity index (χ2v) is 4.79. The highest BCUT2D eigenvalue weighted by molar-refractivity contribution is 5.36. The van der Waals surface area contributed by atoms with Crippen molar-refractivity contribution < 1.29 is 4.74 Å². The zero-order valence-corrected chi connectivity index (χ0v) is 11.0. The molecule has 1 atom stereocenters. The maximum atomic E-state index is 5.50. The van der Waals surface area contributed by atoms with Gasteiger partial charge in [0.2, 0.25) is 0 Å². The fraction of sp³-hybridized carbons (Fsp3) is 0.600. The summed E-state index contributed by atoms with van der Waals surface area (Å²) in [6, 6.07) is 9.03. The largest absolute Gasteiger partial charge is 0.496 e. The molecular formula is C15H23NO. The van der Waals surface area contributed by atoms with E-state index in [1.807, 2.05) is 0 Å². The van der Waals surface area contributed by atoms with Gasteiger partial charge in [0.15, 0.2) is 0 Å². The number of hydrogen-bond donors (Lipinski definition) is 0. The number of ether oxygens (including phenoxy) is 1. The van der Waals surface area contributed by atoms with E-state index in [2.05, 4.69) is 36.1 Å². The van der Waals surface area contributed by atoms with Crippen LogP contribution in [0.5, 0.6) is 5.75 Å². The number of nitrogens with zero attached hydrogens (tertiary/aromatic N) is 1. The summed E-state index contributed by atoms with van der Waals surface area (Å²) in [5.74, 6) is 1.04. The summed E-state index contributed by atoms with van der Waals surface area (Å²) in [5.41, 5.74) is 1.36. The molecule has 1 heterocycles. The summed E-state index contributed by atoms with van der Waals surface area (Å²) in [5, 5.41) is 0. The Hall–Kier alpha value is -1.02. The first-order valence-electron chi connectivity index (χ1n) is 6.73. The minimum absolute atomic E-state index is 0.555. The van der Waals surface area contributed by atoms with Crippen molar-refractivity contribution in [1.82, 2.24) is 4.90 Å². The van der Waals surface area contributed by atoms with Crippen LogP contribution in [0.15, 0.2) is 24.3 Å². The zero-order chi connectivity index (χ0) is 12.1. The lowest BCUT2D eigenvalue weighted by molar-refractivity contribution is 0.146. The van der Waals surface area contributed by atoms with Crippen LogP contribution in [-0.2, 0) is 0 Å². The van der Waals surface area contributed by atoms with E-state index in [0.717, 1.165) is 5.75 Å². The molecule has 0 radical (unpaired) electrons. The first-order valence-corrected chi connectivity index (χ1v) is 6.73. The highest BCUT2D eigenvalue weighted by atomic mass is 16.5. The first-order chi connectivity index (χ1) is 8.36. The fourth-order valence-corrected chi connectivity index (χ4v) is 2.84. The van der Waals surface area contributed by atoms with Gasteiger partial charge in [0.1, 0.15) is 5.75 Å². The third-order valence-corrected chi connectivity index (χ3v) is 3.62. The van der Waals surface area contributed by atoms with Crippen molar-refractivity contribution in [2.75, 3.05) is 20.2 Å². The lowest BCUT2D eigenvalue weighted by Gasteiger charge is -2.36. The Balaban J connectivity index is 2.22. The first kappa shape index (κ1) is 12.4. The van der Waals surface area contributed by atoms with Gasteiger partial charge in [0, 0.05) is 11.6 Å². The van der Waals surface area contributed by atoms with Crippen LogP contribution in [0.3, 0.4) is 0 Å². The van der Waals surface area contributed by atoms with Crippen molar-refractivity contribution >= 4 is 0 Å². The van der Waals surface area contributed by atoms with Crippen molar-refractivity contribution in [1.29, 1.82) is 0 Å². The van der Waals surface area contributed by atoms with E-state index in [9.17, 15) is 0 Å². The molecule has 0 spiro atoms. The molecule has 0 unspecified atom stereocenters. The van der Waals surface area contributed by atoms with Crippen molar-refractivity contribution in [2.24, 2.45) is 0 Å². The third kappa shape index (κ3) is 2.81. The Morgan fingerprint density at radius 2 is 2.12 bits per heavy atom. The number of piperidine rings is 1. The topological polar surface area (TPSA) is 12.5 Å². The molecule has 0 aliphatic carbocycles. The van der Waals surface area contributed by atoms with Gasteiger partial charge >= 0.3 is 0 Å². The molecule has 0 amide bonds. The van der Waals surface area contributed by atoms with E-state index in [4.69, 9.17) is 4.74 Å². The quantitative estimate of drug-likeness (QED) is 0.787. The van der Waals surface area contributed by atoms with Gasteiger partial charge in [-0.05, 0) is 38.4 Å². The Bertz CT molecular complexity index is 349. The van der Waals surface area contributed by atoms with Crippen LogP contribution in [0.1, 0.15) is 44.2 Å². The van der Waals surface area contributed by atoms with Crippen LogP contribution in [0.25, 0.3) is 0 Å². The lowest BCUT2D eigenvalue weighted by Crippen LogP contribution is -2.34. The number of rotatable bonds is 4.